The minimum atomic E-state index is 0.635. The van der Waals surface area contributed by atoms with E-state index in [1.807, 2.05) is 37.3 Å². The zero-order valence-electron chi connectivity index (χ0n) is 13.8. The number of nitrogens with one attached hydrogen (secondary N) is 1. The van der Waals surface area contributed by atoms with E-state index in [-0.39, 0.29) is 0 Å². The number of nitrogens with zero attached hydrogens (tertiary/aromatic N) is 3. The van der Waals surface area contributed by atoms with E-state index in [2.05, 4.69) is 19.7 Å². The van der Waals surface area contributed by atoms with Crippen molar-refractivity contribution in [2.24, 2.45) is 0 Å². The second-order valence-corrected chi connectivity index (χ2v) is 6.08. The number of ether oxygens (including phenoxy) is 1. The average Bonchev–Trinajstić information content (AvgIpc) is 3.21. The summed E-state index contributed by atoms with van der Waals surface area (Å²) < 4.78 is 15.1. The Bertz CT molecular complexity index is 770. The van der Waals surface area contributed by atoms with Gasteiger partial charge in [0.05, 0.1) is 12.3 Å². The first-order chi connectivity index (χ1) is 11.8. The van der Waals surface area contributed by atoms with Crippen molar-refractivity contribution in [2.45, 2.75) is 19.8 Å². The van der Waals surface area contributed by atoms with Crippen LogP contribution in [0.5, 0.6) is 0 Å². The highest BCUT2D eigenvalue weighted by atomic mass is 32.1. The van der Waals surface area contributed by atoms with Crippen molar-refractivity contribution in [2.75, 3.05) is 25.6 Å². The van der Waals surface area contributed by atoms with Crippen molar-refractivity contribution in [3.05, 3.63) is 47.6 Å². The Labute approximate surface area is 145 Å². The molecule has 126 valence electrons. The number of hydrogen-bond donors (Lipinski definition) is 1. The van der Waals surface area contributed by atoms with Gasteiger partial charge in [-0.05, 0) is 19.1 Å². The highest BCUT2D eigenvalue weighted by Crippen LogP contribution is 2.21. The van der Waals surface area contributed by atoms with Crippen molar-refractivity contribution >= 4 is 16.7 Å². The summed E-state index contributed by atoms with van der Waals surface area (Å²) in [7, 11) is 1.68. The van der Waals surface area contributed by atoms with Gasteiger partial charge in [-0.3, -0.25) is 0 Å². The molecule has 0 fully saturated rings. The zero-order valence-corrected chi connectivity index (χ0v) is 14.6. The minimum Gasteiger partial charge on any atom is -0.441 e. The van der Waals surface area contributed by atoms with Crippen LogP contribution >= 0.6 is 11.5 Å². The standard InChI is InChI=1S/C17H20N4O2S/c1-12-14(19-16(23-12)13-6-4-3-5-7-13)8-10-18-17-20-15(21-24-17)9-11-22-2/h3-7H,8-11H2,1-2H3,(H,18,20,21). The molecule has 0 bridgehead atoms. The van der Waals surface area contributed by atoms with Gasteiger partial charge in [-0.2, -0.15) is 4.37 Å². The molecule has 0 radical (unpaired) electrons. The van der Waals surface area contributed by atoms with Gasteiger partial charge < -0.3 is 14.5 Å². The number of rotatable bonds is 8. The van der Waals surface area contributed by atoms with E-state index in [9.17, 15) is 0 Å². The predicted molar refractivity (Wildman–Crippen MR) is 94.4 cm³/mol. The van der Waals surface area contributed by atoms with E-state index in [1.165, 1.54) is 11.5 Å². The normalized spacial score (nSPS) is 10.9. The number of oxazole rings is 1. The van der Waals surface area contributed by atoms with Crippen LogP contribution in [0, 0.1) is 6.92 Å². The predicted octanol–water partition coefficient (Wildman–Crippen LogP) is 3.35. The molecule has 3 rings (SSSR count). The first-order valence-corrected chi connectivity index (χ1v) is 8.60. The lowest BCUT2D eigenvalue weighted by atomic mass is 10.2. The molecule has 0 aliphatic carbocycles. The fourth-order valence-corrected chi connectivity index (χ4v) is 2.91. The third-order valence-corrected chi connectivity index (χ3v) is 4.26. The Kier molecular flexibility index (Phi) is 5.55. The summed E-state index contributed by atoms with van der Waals surface area (Å²) in [6, 6.07) is 9.93. The molecule has 0 atom stereocenters. The maximum absolute atomic E-state index is 5.77. The van der Waals surface area contributed by atoms with Crippen LogP contribution < -0.4 is 5.32 Å². The molecule has 7 heteroatoms. The molecular weight excluding hydrogens is 324 g/mol. The topological polar surface area (TPSA) is 73.1 Å². The first kappa shape index (κ1) is 16.6. The molecule has 0 amide bonds. The monoisotopic (exact) mass is 344 g/mol. The SMILES string of the molecule is COCCc1nsc(NCCc2nc(-c3ccccc3)oc2C)n1. The van der Waals surface area contributed by atoms with Gasteiger partial charge in [0.2, 0.25) is 11.0 Å². The van der Waals surface area contributed by atoms with E-state index in [4.69, 9.17) is 9.15 Å². The van der Waals surface area contributed by atoms with Crippen LogP contribution in [0.2, 0.25) is 0 Å². The molecule has 2 aromatic heterocycles. The third-order valence-electron chi connectivity index (χ3n) is 3.55. The Morgan fingerprint density at radius 3 is 2.79 bits per heavy atom. The summed E-state index contributed by atoms with van der Waals surface area (Å²) in [5.41, 5.74) is 1.96. The van der Waals surface area contributed by atoms with E-state index < -0.39 is 0 Å². The van der Waals surface area contributed by atoms with E-state index in [1.54, 1.807) is 7.11 Å². The van der Waals surface area contributed by atoms with Crippen molar-refractivity contribution in [3.63, 3.8) is 0 Å². The van der Waals surface area contributed by atoms with Gasteiger partial charge in [0.1, 0.15) is 11.6 Å². The Hall–Kier alpha value is -2.25. The number of hydrogen-bond acceptors (Lipinski definition) is 7. The van der Waals surface area contributed by atoms with Crippen LogP contribution in [0.15, 0.2) is 34.7 Å². The number of anilines is 1. The summed E-state index contributed by atoms with van der Waals surface area (Å²) in [5, 5.41) is 4.11. The van der Waals surface area contributed by atoms with Gasteiger partial charge in [0, 0.05) is 43.6 Å². The molecule has 0 unspecified atom stereocenters. The minimum absolute atomic E-state index is 0.635. The number of methoxy groups -OCH3 is 1. The van der Waals surface area contributed by atoms with Gasteiger partial charge in [0.25, 0.3) is 0 Å². The molecule has 24 heavy (non-hydrogen) atoms. The van der Waals surface area contributed by atoms with Gasteiger partial charge in [-0.15, -0.1) is 0 Å². The van der Waals surface area contributed by atoms with E-state index in [0.717, 1.165) is 47.4 Å². The lowest BCUT2D eigenvalue weighted by molar-refractivity contribution is 0.201. The number of benzene rings is 1. The second-order valence-electron chi connectivity index (χ2n) is 5.32. The van der Waals surface area contributed by atoms with E-state index >= 15 is 0 Å². The van der Waals surface area contributed by atoms with Crippen LogP contribution in [0.25, 0.3) is 11.5 Å². The molecule has 6 nitrogen and oxygen atoms in total. The summed E-state index contributed by atoms with van der Waals surface area (Å²) in [5.74, 6) is 2.34. The van der Waals surface area contributed by atoms with Crippen LogP contribution in [0.3, 0.4) is 0 Å². The van der Waals surface area contributed by atoms with Crippen molar-refractivity contribution in [1.29, 1.82) is 0 Å². The average molecular weight is 344 g/mol. The molecule has 0 saturated heterocycles. The van der Waals surface area contributed by atoms with Crippen LogP contribution in [0.4, 0.5) is 5.13 Å². The van der Waals surface area contributed by atoms with Crippen LogP contribution in [-0.4, -0.2) is 34.6 Å². The van der Waals surface area contributed by atoms with Gasteiger partial charge in [0.15, 0.2) is 0 Å². The lowest BCUT2D eigenvalue weighted by Crippen LogP contribution is -2.06. The number of aryl methyl sites for hydroxylation is 1. The lowest BCUT2D eigenvalue weighted by Gasteiger charge is -1.99. The molecule has 1 N–H and O–H groups in total. The second kappa shape index (κ2) is 8.03. The molecule has 0 aliphatic heterocycles. The molecule has 2 heterocycles. The fraction of sp³-hybridized carbons (Fsp3) is 0.353. The third kappa shape index (κ3) is 4.18. The summed E-state index contributed by atoms with van der Waals surface area (Å²) in [6.07, 6.45) is 1.51. The Balaban J connectivity index is 1.55. The summed E-state index contributed by atoms with van der Waals surface area (Å²) in [6.45, 7) is 3.32. The maximum Gasteiger partial charge on any atom is 0.226 e. The quantitative estimate of drug-likeness (QED) is 0.675. The van der Waals surface area contributed by atoms with Gasteiger partial charge in [-0.25, -0.2) is 9.97 Å². The Morgan fingerprint density at radius 2 is 2.00 bits per heavy atom. The highest BCUT2D eigenvalue weighted by Gasteiger charge is 2.11. The fourth-order valence-electron chi connectivity index (χ4n) is 2.27. The maximum atomic E-state index is 5.77. The smallest absolute Gasteiger partial charge is 0.226 e. The highest BCUT2D eigenvalue weighted by molar-refractivity contribution is 7.09. The van der Waals surface area contributed by atoms with Crippen molar-refractivity contribution in [1.82, 2.24) is 14.3 Å². The zero-order chi connectivity index (χ0) is 16.8. The van der Waals surface area contributed by atoms with Crippen LogP contribution in [-0.2, 0) is 17.6 Å². The molecule has 0 aliphatic rings. The van der Waals surface area contributed by atoms with Gasteiger partial charge >= 0.3 is 0 Å². The van der Waals surface area contributed by atoms with Gasteiger partial charge in [-0.1, -0.05) is 18.2 Å². The molecular formula is C17H20N4O2S. The Morgan fingerprint density at radius 1 is 1.17 bits per heavy atom. The van der Waals surface area contributed by atoms with E-state index in [0.29, 0.717) is 12.5 Å². The largest absolute Gasteiger partial charge is 0.441 e. The summed E-state index contributed by atoms with van der Waals surface area (Å²) in [4.78, 5) is 9.03. The molecule has 3 aromatic rings. The number of aromatic nitrogens is 3. The van der Waals surface area contributed by atoms with Crippen molar-refractivity contribution < 1.29 is 9.15 Å². The molecule has 0 saturated carbocycles. The van der Waals surface area contributed by atoms with Crippen LogP contribution in [0.1, 0.15) is 17.3 Å². The molecule has 0 spiro atoms. The summed E-state index contributed by atoms with van der Waals surface area (Å²) >= 11 is 1.37. The molecule has 1 aromatic carbocycles. The first-order valence-electron chi connectivity index (χ1n) is 7.83. The van der Waals surface area contributed by atoms with Crippen molar-refractivity contribution in [3.8, 4) is 11.5 Å².